The van der Waals surface area contributed by atoms with E-state index in [9.17, 15) is 4.79 Å². The monoisotopic (exact) mass is 499 g/mol. The molecule has 0 saturated heterocycles. The van der Waals surface area contributed by atoms with Crippen LogP contribution in [0, 0.1) is 6.92 Å². The van der Waals surface area contributed by atoms with Crippen molar-refractivity contribution in [2.24, 2.45) is 0 Å². The summed E-state index contributed by atoms with van der Waals surface area (Å²) in [5, 5.41) is 4.49. The first kappa shape index (κ1) is 22.5. The van der Waals surface area contributed by atoms with E-state index in [0.29, 0.717) is 6.54 Å². The zero-order valence-electron chi connectivity index (χ0n) is 20.1. The summed E-state index contributed by atoms with van der Waals surface area (Å²) in [6, 6.07) is 20.8. The summed E-state index contributed by atoms with van der Waals surface area (Å²) < 4.78 is 2.34. The Labute approximate surface area is 215 Å². The molecule has 2 aromatic heterocycles. The number of urea groups is 1. The van der Waals surface area contributed by atoms with Gasteiger partial charge in [0.25, 0.3) is 0 Å². The van der Waals surface area contributed by atoms with E-state index in [-0.39, 0.29) is 12.1 Å². The summed E-state index contributed by atoms with van der Waals surface area (Å²) >= 11 is 3.66. The van der Waals surface area contributed by atoms with Crippen molar-refractivity contribution in [3.05, 3.63) is 99.7 Å². The van der Waals surface area contributed by atoms with Gasteiger partial charge in [-0.15, -0.1) is 23.1 Å². The van der Waals surface area contributed by atoms with Crippen molar-refractivity contribution in [1.82, 2.24) is 9.47 Å². The van der Waals surface area contributed by atoms with Gasteiger partial charge in [0.05, 0.1) is 18.3 Å². The van der Waals surface area contributed by atoms with E-state index in [1.165, 1.54) is 38.7 Å². The average Bonchev–Trinajstić information content (AvgIpc) is 3.46. The fraction of sp³-hybridized carbons (Fsp3) is 0.276. The summed E-state index contributed by atoms with van der Waals surface area (Å²) in [7, 11) is 0. The van der Waals surface area contributed by atoms with Gasteiger partial charge < -0.3 is 14.8 Å². The van der Waals surface area contributed by atoms with E-state index in [2.05, 4.69) is 71.7 Å². The smallest absolute Gasteiger partial charge is 0.310 e. The molecule has 1 aliphatic carbocycles. The number of hydrogen-bond donors (Lipinski definition) is 1. The number of rotatable bonds is 3. The van der Waals surface area contributed by atoms with Gasteiger partial charge in [0.2, 0.25) is 0 Å². The third kappa shape index (κ3) is 4.09. The van der Waals surface area contributed by atoms with Gasteiger partial charge in [0.1, 0.15) is 5.00 Å². The number of carbonyl (C=O) groups excluding carboxylic acids is 1. The van der Waals surface area contributed by atoms with E-state index < -0.39 is 0 Å². The number of fused-ring (bicyclic) bond motifs is 5. The lowest BCUT2D eigenvalue weighted by Crippen LogP contribution is -2.38. The average molecular weight is 500 g/mol. The van der Waals surface area contributed by atoms with E-state index in [1.807, 2.05) is 34.4 Å². The minimum atomic E-state index is -0.176. The van der Waals surface area contributed by atoms with Crippen LogP contribution in [0.3, 0.4) is 0 Å². The maximum absolute atomic E-state index is 14.0. The first-order chi connectivity index (χ1) is 17.1. The lowest BCUT2D eigenvalue weighted by atomic mass is 9.95. The minimum absolute atomic E-state index is 0.0640. The number of thiophene rings is 1. The summed E-state index contributed by atoms with van der Waals surface area (Å²) in [5.74, 6) is 0. The first-order valence-electron chi connectivity index (χ1n) is 12.2. The van der Waals surface area contributed by atoms with Crippen molar-refractivity contribution in [2.75, 3.05) is 11.6 Å². The van der Waals surface area contributed by atoms with E-state index in [1.54, 1.807) is 11.8 Å². The minimum Gasteiger partial charge on any atom is -0.310 e. The molecule has 4 nitrogen and oxygen atoms in total. The SMILES string of the molecule is CSc1ccc(C2c3cccn3-c3sc4c(c3CN2C(=O)Nc2cccc(C)c2)CCCC4)cc1. The third-order valence-electron chi connectivity index (χ3n) is 7.14. The van der Waals surface area contributed by atoms with E-state index in [0.717, 1.165) is 35.3 Å². The molecule has 2 aromatic carbocycles. The number of benzene rings is 2. The molecule has 0 radical (unpaired) electrons. The number of thioether (sulfide) groups is 1. The number of anilines is 1. The molecular weight excluding hydrogens is 470 g/mol. The molecule has 1 N–H and O–H groups in total. The predicted molar refractivity (Wildman–Crippen MR) is 146 cm³/mol. The molecule has 0 bridgehead atoms. The third-order valence-corrected chi connectivity index (χ3v) is 9.22. The number of nitrogens with zero attached hydrogens (tertiary/aromatic N) is 2. The lowest BCUT2D eigenvalue weighted by Gasteiger charge is -2.31. The molecular formula is C29H29N3OS2. The normalized spacial score (nSPS) is 16.7. The standard InChI is InChI=1S/C29H29N3OS2/c1-19-7-5-8-21(17-19)30-29(33)32-18-24-23-9-3-4-11-26(23)35-28(24)31-16-6-10-25(31)27(32)20-12-14-22(34-2)15-13-20/h5-8,10,12-17,27H,3-4,9,11,18H2,1-2H3,(H,30,33). The van der Waals surface area contributed by atoms with Crippen molar-refractivity contribution in [3.8, 4) is 5.00 Å². The Hall–Kier alpha value is -2.96. The van der Waals surface area contributed by atoms with Crippen LogP contribution in [-0.2, 0) is 19.4 Å². The van der Waals surface area contributed by atoms with Gasteiger partial charge in [0, 0.05) is 27.2 Å². The van der Waals surface area contributed by atoms with Crippen LogP contribution >= 0.6 is 23.1 Å². The summed E-state index contributed by atoms with van der Waals surface area (Å²) in [6.07, 6.45) is 9.00. The topological polar surface area (TPSA) is 37.3 Å². The largest absolute Gasteiger partial charge is 0.322 e. The Morgan fingerprint density at radius 1 is 1.03 bits per heavy atom. The molecule has 6 heteroatoms. The molecule has 1 atom stereocenters. The van der Waals surface area contributed by atoms with Crippen LogP contribution in [0.25, 0.3) is 5.00 Å². The van der Waals surface area contributed by atoms with Crippen LogP contribution in [0.5, 0.6) is 0 Å². The van der Waals surface area contributed by atoms with Crippen LogP contribution in [0.15, 0.2) is 71.8 Å². The van der Waals surface area contributed by atoms with Gasteiger partial charge in [0.15, 0.2) is 0 Å². The molecule has 0 fully saturated rings. The number of amides is 2. The number of aromatic nitrogens is 1. The Balaban J connectivity index is 1.49. The maximum atomic E-state index is 14.0. The molecule has 6 rings (SSSR count). The van der Waals surface area contributed by atoms with Crippen LogP contribution < -0.4 is 5.32 Å². The molecule has 1 aliphatic heterocycles. The molecule has 2 amide bonds. The number of aryl methyl sites for hydroxylation is 2. The zero-order valence-corrected chi connectivity index (χ0v) is 21.7. The highest BCUT2D eigenvalue weighted by molar-refractivity contribution is 7.98. The Bertz CT molecular complexity index is 1390. The van der Waals surface area contributed by atoms with Crippen LogP contribution in [0.2, 0.25) is 0 Å². The number of nitrogens with one attached hydrogen (secondary N) is 1. The van der Waals surface area contributed by atoms with E-state index >= 15 is 0 Å². The molecule has 2 aliphatic rings. The molecule has 35 heavy (non-hydrogen) atoms. The van der Waals surface area contributed by atoms with Gasteiger partial charge in [-0.3, -0.25) is 0 Å². The fourth-order valence-electron chi connectivity index (χ4n) is 5.44. The molecule has 178 valence electrons. The highest BCUT2D eigenvalue weighted by Gasteiger charge is 2.36. The summed E-state index contributed by atoms with van der Waals surface area (Å²) in [6.45, 7) is 2.66. The predicted octanol–water partition coefficient (Wildman–Crippen LogP) is 7.59. The van der Waals surface area contributed by atoms with Crippen molar-refractivity contribution in [3.63, 3.8) is 0 Å². The van der Waals surface area contributed by atoms with Crippen molar-refractivity contribution in [2.45, 2.75) is 50.1 Å². The quantitative estimate of drug-likeness (QED) is 0.295. The maximum Gasteiger partial charge on any atom is 0.322 e. The summed E-state index contributed by atoms with van der Waals surface area (Å²) in [5.41, 5.74) is 7.03. The van der Waals surface area contributed by atoms with Gasteiger partial charge in [-0.2, -0.15) is 0 Å². The van der Waals surface area contributed by atoms with Crippen LogP contribution in [0.1, 0.15) is 51.7 Å². The molecule has 4 aromatic rings. The fourth-order valence-corrected chi connectivity index (χ4v) is 7.25. The van der Waals surface area contributed by atoms with Gasteiger partial charge >= 0.3 is 6.03 Å². The number of hydrogen-bond acceptors (Lipinski definition) is 3. The first-order valence-corrected chi connectivity index (χ1v) is 14.3. The second-order valence-corrected chi connectivity index (χ2v) is 11.4. The number of carbonyl (C=O) groups is 1. The van der Waals surface area contributed by atoms with Crippen molar-refractivity contribution >= 4 is 34.8 Å². The molecule has 0 saturated carbocycles. The summed E-state index contributed by atoms with van der Waals surface area (Å²) in [4.78, 5) is 18.7. The molecule has 1 unspecified atom stereocenters. The van der Waals surface area contributed by atoms with Gasteiger partial charge in [-0.05, 0) is 92.0 Å². The Morgan fingerprint density at radius 3 is 2.66 bits per heavy atom. The zero-order chi connectivity index (χ0) is 23.9. The lowest BCUT2D eigenvalue weighted by molar-refractivity contribution is 0.194. The Kier molecular flexibility index (Phi) is 5.94. The van der Waals surface area contributed by atoms with Gasteiger partial charge in [-0.1, -0.05) is 24.3 Å². The van der Waals surface area contributed by atoms with Crippen molar-refractivity contribution < 1.29 is 4.79 Å². The van der Waals surface area contributed by atoms with Crippen LogP contribution in [0.4, 0.5) is 10.5 Å². The van der Waals surface area contributed by atoms with E-state index in [4.69, 9.17) is 0 Å². The molecule has 0 spiro atoms. The van der Waals surface area contributed by atoms with Crippen LogP contribution in [-0.4, -0.2) is 21.8 Å². The highest BCUT2D eigenvalue weighted by atomic mass is 32.2. The molecule has 3 heterocycles. The second kappa shape index (κ2) is 9.25. The Morgan fingerprint density at radius 2 is 1.86 bits per heavy atom. The van der Waals surface area contributed by atoms with Gasteiger partial charge in [-0.25, -0.2) is 4.79 Å². The second-order valence-electron chi connectivity index (χ2n) is 9.40. The highest BCUT2D eigenvalue weighted by Crippen LogP contribution is 2.44. The van der Waals surface area contributed by atoms with Crippen molar-refractivity contribution in [1.29, 1.82) is 0 Å².